The zero-order valence-corrected chi connectivity index (χ0v) is 14.7. The second-order valence-corrected chi connectivity index (χ2v) is 6.62. The van der Waals surface area contributed by atoms with Gasteiger partial charge in [0.15, 0.2) is 0 Å². The number of carbonyl (C=O) groups is 1. The molecule has 1 saturated carbocycles. The molecular weight excluding hydrogens is 326 g/mol. The van der Waals surface area contributed by atoms with Gasteiger partial charge in [-0.15, -0.1) is 0 Å². The van der Waals surface area contributed by atoms with Gasteiger partial charge < -0.3 is 10.6 Å². The maximum absolute atomic E-state index is 11.5. The summed E-state index contributed by atoms with van der Waals surface area (Å²) in [4.78, 5) is 24.6. The monoisotopic (exact) mass is 347 g/mol. The Morgan fingerprint density at radius 3 is 2.69 bits per heavy atom. The Bertz CT molecular complexity index is 946. The summed E-state index contributed by atoms with van der Waals surface area (Å²) in [5, 5.41) is 7.61. The first-order chi connectivity index (χ1) is 12.7. The minimum absolute atomic E-state index is 0.281. The Morgan fingerprint density at radius 1 is 1.04 bits per heavy atom. The number of hydrogen-bond acceptors (Lipinski definition) is 6. The summed E-state index contributed by atoms with van der Waals surface area (Å²) in [6.45, 7) is 0. The standard InChI is InChI=1S/C20H21N5O/c1-21-16-8-14(10-22-11-16)13-2-7-19-18(9-13)20(24-12-23-19)25-15-3-5-17(26)6-4-15/h2,7-12,15,21H,3-6H2,1H3,(H,23,24,25). The first-order valence-electron chi connectivity index (χ1n) is 8.89. The van der Waals surface area contributed by atoms with Crippen LogP contribution in [0.4, 0.5) is 11.5 Å². The SMILES string of the molecule is CNc1cncc(-c2ccc3ncnc(NC4CCC(=O)CC4)c3c2)c1. The van der Waals surface area contributed by atoms with Crippen molar-refractivity contribution in [3.05, 3.63) is 43.0 Å². The number of anilines is 2. The molecule has 0 radical (unpaired) electrons. The molecule has 2 heterocycles. The van der Waals surface area contributed by atoms with Crippen LogP contribution in [0.2, 0.25) is 0 Å². The molecule has 6 heteroatoms. The van der Waals surface area contributed by atoms with Crippen molar-refractivity contribution in [3.8, 4) is 11.1 Å². The Balaban J connectivity index is 1.69. The van der Waals surface area contributed by atoms with Gasteiger partial charge in [0.1, 0.15) is 17.9 Å². The van der Waals surface area contributed by atoms with Crippen molar-refractivity contribution in [2.75, 3.05) is 17.7 Å². The van der Waals surface area contributed by atoms with Crippen LogP contribution in [-0.4, -0.2) is 33.8 Å². The number of Topliss-reactive ketones (excluding diaryl/α,β-unsaturated/α-hetero) is 1. The average Bonchev–Trinajstić information content (AvgIpc) is 2.70. The van der Waals surface area contributed by atoms with Gasteiger partial charge in [-0.05, 0) is 36.6 Å². The summed E-state index contributed by atoms with van der Waals surface area (Å²) in [6, 6.07) is 8.51. The van der Waals surface area contributed by atoms with Gasteiger partial charge in [0.05, 0.1) is 11.2 Å². The highest BCUT2D eigenvalue weighted by molar-refractivity contribution is 5.92. The summed E-state index contributed by atoms with van der Waals surface area (Å²) in [5.74, 6) is 1.18. The lowest BCUT2D eigenvalue weighted by Gasteiger charge is -2.23. The molecule has 0 spiro atoms. The van der Waals surface area contributed by atoms with Crippen molar-refractivity contribution in [2.45, 2.75) is 31.7 Å². The van der Waals surface area contributed by atoms with Crippen molar-refractivity contribution in [2.24, 2.45) is 0 Å². The molecule has 0 amide bonds. The topological polar surface area (TPSA) is 79.8 Å². The Labute approximate surface area is 152 Å². The number of nitrogens with zero attached hydrogens (tertiary/aromatic N) is 3. The number of ketones is 1. The number of rotatable bonds is 4. The van der Waals surface area contributed by atoms with Crippen molar-refractivity contribution >= 4 is 28.2 Å². The molecule has 0 atom stereocenters. The van der Waals surface area contributed by atoms with E-state index in [1.54, 1.807) is 12.5 Å². The van der Waals surface area contributed by atoms with Gasteiger partial charge in [-0.3, -0.25) is 9.78 Å². The van der Waals surface area contributed by atoms with E-state index in [4.69, 9.17) is 0 Å². The first kappa shape index (κ1) is 16.4. The van der Waals surface area contributed by atoms with Crippen LogP contribution in [0.25, 0.3) is 22.0 Å². The van der Waals surface area contributed by atoms with Crippen LogP contribution in [0.15, 0.2) is 43.0 Å². The quantitative estimate of drug-likeness (QED) is 0.750. The number of carbonyl (C=O) groups excluding carboxylic acids is 1. The lowest BCUT2D eigenvalue weighted by atomic mass is 9.94. The Morgan fingerprint density at radius 2 is 1.88 bits per heavy atom. The molecule has 0 aliphatic heterocycles. The maximum Gasteiger partial charge on any atom is 0.137 e. The van der Waals surface area contributed by atoms with Crippen LogP contribution < -0.4 is 10.6 Å². The highest BCUT2D eigenvalue weighted by Gasteiger charge is 2.19. The van der Waals surface area contributed by atoms with Gasteiger partial charge in [0, 0.05) is 49.3 Å². The maximum atomic E-state index is 11.5. The molecule has 0 unspecified atom stereocenters. The molecule has 2 aromatic heterocycles. The summed E-state index contributed by atoms with van der Waals surface area (Å²) < 4.78 is 0. The molecule has 0 bridgehead atoms. The lowest BCUT2D eigenvalue weighted by Crippen LogP contribution is -2.26. The Kier molecular flexibility index (Phi) is 4.48. The molecule has 1 aliphatic rings. The molecule has 1 aliphatic carbocycles. The van der Waals surface area contributed by atoms with Crippen molar-refractivity contribution < 1.29 is 4.79 Å². The summed E-state index contributed by atoms with van der Waals surface area (Å²) in [6.07, 6.45) is 8.25. The minimum Gasteiger partial charge on any atom is -0.387 e. The fourth-order valence-corrected chi connectivity index (χ4v) is 3.36. The fraction of sp³-hybridized carbons (Fsp3) is 0.300. The van der Waals surface area contributed by atoms with E-state index in [1.807, 2.05) is 19.3 Å². The minimum atomic E-state index is 0.281. The Hall–Kier alpha value is -3.02. The number of nitrogens with one attached hydrogen (secondary N) is 2. The van der Waals surface area contributed by atoms with Crippen LogP contribution in [0, 0.1) is 0 Å². The predicted octanol–water partition coefficient (Wildman–Crippen LogP) is 3.66. The first-order valence-corrected chi connectivity index (χ1v) is 8.89. The van der Waals surface area contributed by atoms with E-state index < -0.39 is 0 Å². The van der Waals surface area contributed by atoms with E-state index in [-0.39, 0.29) is 6.04 Å². The summed E-state index contributed by atoms with van der Waals surface area (Å²) in [7, 11) is 1.88. The zero-order valence-electron chi connectivity index (χ0n) is 14.7. The molecule has 0 saturated heterocycles. The van der Waals surface area contributed by atoms with E-state index in [0.717, 1.165) is 46.4 Å². The highest BCUT2D eigenvalue weighted by Crippen LogP contribution is 2.29. The van der Waals surface area contributed by atoms with Gasteiger partial charge in [-0.2, -0.15) is 0 Å². The third-order valence-electron chi connectivity index (χ3n) is 4.88. The summed E-state index contributed by atoms with van der Waals surface area (Å²) in [5.41, 5.74) is 3.98. The van der Waals surface area contributed by atoms with Crippen LogP contribution in [0.5, 0.6) is 0 Å². The average molecular weight is 347 g/mol. The van der Waals surface area contributed by atoms with Gasteiger partial charge in [0.25, 0.3) is 0 Å². The zero-order chi connectivity index (χ0) is 17.9. The molecule has 4 rings (SSSR count). The molecule has 132 valence electrons. The van der Waals surface area contributed by atoms with Crippen molar-refractivity contribution in [1.82, 2.24) is 15.0 Å². The molecule has 2 N–H and O–H groups in total. The highest BCUT2D eigenvalue weighted by atomic mass is 16.1. The number of pyridine rings is 1. The van der Waals surface area contributed by atoms with Crippen molar-refractivity contribution in [3.63, 3.8) is 0 Å². The van der Waals surface area contributed by atoms with Gasteiger partial charge in [-0.1, -0.05) is 6.07 Å². The van der Waals surface area contributed by atoms with Crippen molar-refractivity contribution in [1.29, 1.82) is 0 Å². The van der Waals surface area contributed by atoms with Gasteiger partial charge in [-0.25, -0.2) is 9.97 Å². The molecule has 26 heavy (non-hydrogen) atoms. The second-order valence-electron chi connectivity index (χ2n) is 6.62. The molecule has 1 aromatic carbocycles. The molecule has 6 nitrogen and oxygen atoms in total. The van der Waals surface area contributed by atoms with E-state index in [9.17, 15) is 4.79 Å². The second kappa shape index (κ2) is 7.07. The number of hydrogen-bond donors (Lipinski definition) is 2. The van der Waals surface area contributed by atoms with E-state index in [1.165, 1.54) is 0 Å². The van der Waals surface area contributed by atoms with E-state index in [0.29, 0.717) is 18.6 Å². The largest absolute Gasteiger partial charge is 0.387 e. The summed E-state index contributed by atoms with van der Waals surface area (Å²) >= 11 is 0. The van der Waals surface area contributed by atoms with Crippen LogP contribution >= 0.6 is 0 Å². The third-order valence-corrected chi connectivity index (χ3v) is 4.88. The third kappa shape index (κ3) is 3.35. The van der Waals surface area contributed by atoms with Crippen LogP contribution in [0.3, 0.4) is 0 Å². The van der Waals surface area contributed by atoms with Gasteiger partial charge in [0.2, 0.25) is 0 Å². The number of fused-ring (bicyclic) bond motifs is 1. The van der Waals surface area contributed by atoms with E-state index in [2.05, 4.69) is 43.8 Å². The number of benzene rings is 1. The smallest absolute Gasteiger partial charge is 0.137 e. The number of aromatic nitrogens is 3. The van der Waals surface area contributed by atoms with Crippen LogP contribution in [0.1, 0.15) is 25.7 Å². The van der Waals surface area contributed by atoms with Crippen LogP contribution in [-0.2, 0) is 4.79 Å². The van der Waals surface area contributed by atoms with Gasteiger partial charge >= 0.3 is 0 Å². The fourth-order valence-electron chi connectivity index (χ4n) is 3.36. The molecular formula is C20H21N5O. The predicted molar refractivity (Wildman–Crippen MR) is 103 cm³/mol. The van der Waals surface area contributed by atoms with E-state index >= 15 is 0 Å². The molecule has 1 fully saturated rings. The lowest BCUT2D eigenvalue weighted by molar-refractivity contribution is -0.120. The molecule has 3 aromatic rings. The normalized spacial score (nSPS) is 15.2.